The van der Waals surface area contributed by atoms with Gasteiger partial charge < -0.3 is 10.2 Å². The second-order valence-electron chi connectivity index (χ2n) is 4.49. The van der Waals surface area contributed by atoms with Gasteiger partial charge in [0, 0.05) is 31.9 Å². The molecule has 82 valence electrons. The molecule has 15 heavy (non-hydrogen) atoms. The van der Waals surface area contributed by atoms with Crippen molar-refractivity contribution in [3.05, 3.63) is 29.8 Å². The number of aryl methyl sites for hydroxylation is 1. The topological polar surface area (TPSA) is 15.3 Å². The number of likely N-dealkylation sites (N-methyl/N-ethyl adjacent to an activating group) is 1. The van der Waals surface area contributed by atoms with Gasteiger partial charge in [0.1, 0.15) is 0 Å². The van der Waals surface area contributed by atoms with Crippen LogP contribution in [0.4, 0.5) is 5.69 Å². The van der Waals surface area contributed by atoms with E-state index < -0.39 is 0 Å². The Morgan fingerprint density at radius 3 is 2.53 bits per heavy atom. The van der Waals surface area contributed by atoms with Crippen LogP contribution in [0.1, 0.15) is 18.4 Å². The summed E-state index contributed by atoms with van der Waals surface area (Å²) >= 11 is 0. The van der Waals surface area contributed by atoms with Crippen molar-refractivity contribution < 1.29 is 0 Å². The fourth-order valence-electron chi connectivity index (χ4n) is 1.65. The maximum absolute atomic E-state index is 3.53. The third-order valence-electron chi connectivity index (χ3n) is 2.93. The molecule has 0 unspecified atom stereocenters. The van der Waals surface area contributed by atoms with Crippen molar-refractivity contribution >= 4 is 5.69 Å². The Hall–Kier alpha value is -1.02. The van der Waals surface area contributed by atoms with E-state index in [4.69, 9.17) is 0 Å². The molecule has 1 aromatic rings. The smallest absolute Gasteiger partial charge is 0.0364 e. The van der Waals surface area contributed by atoms with E-state index in [2.05, 4.69) is 48.5 Å². The summed E-state index contributed by atoms with van der Waals surface area (Å²) < 4.78 is 0. The SMILES string of the molecule is Cc1ccc(N(C)CCNC2CC2)cc1. The molecule has 2 heteroatoms. The van der Waals surface area contributed by atoms with E-state index in [9.17, 15) is 0 Å². The van der Waals surface area contributed by atoms with Crippen molar-refractivity contribution in [2.75, 3.05) is 25.0 Å². The second kappa shape index (κ2) is 4.67. The number of anilines is 1. The van der Waals surface area contributed by atoms with Crippen LogP contribution >= 0.6 is 0 Å². The lowest BCUT2D eigenvalue weighted by atomic mass is 10.2. The molecule has 2 rings (SSSR count). The summed E-state index contributed by atoms with van der Waals surface area (Å²) in [5, 5.41) is 3.53. The van der Waals surface area contributed by atoms with Crippen molar-refractivity contribution in [1.82, 2.24) is 5.32 Å². The van der Waals surface area contributed by atoms with E-state index in [1.54, 1.807) is 0 Å². The van der Waals surface area contributed by atoms with E-state index >= 15 is 0 Å². The summed E-state index contributed by atoms with van der Waals surface area (Å²) in [5.74, 6) is 0. The van der Waals surface area contributed by atoms with Gasteiger partial charge in [-0.25, -0.2) is 0 Å². The Kier molecular flexibility index (Phi) is 3.27. The van der Waals surface area contributed by atoms with Crippen molar-refractivity contribution in [2.45, 2.75) is 25.8 Å². The highest BCUT2D eigenvalue weighted by Crippen LogP contribution is 2.18. The Bertz CT molecular complexity index is 301. The maximum atomic E-state index is 3.53. The predicted molar refractivity (Wildman–Crippen MR) is 65.5 cm³/mol. The average molecular weight is 204 g/mol. The first-order valence-electron chi connectivity index (χ1n) is 5.77. The van der Waals surface area contributed by atoms with Gasteiger partial charge in [-0.05, 0) is 31.9 Å². The van der Waals surface area contributed by atoms with Crippen LogP contribution in [-0.2, 0) is 0 Å². The van der Waals surface area contributed by atoms with Gasteiger partial charge >= 0.3 is 0 Å². The molecular formula is C13H20N2. The molecule has 1 aliphatic rings. The van der Waals surface area contributed by atoms with Crippen LogP contribution < -0.4 is 10.2 Å². The molecule has 0 spiro atoms. The summed E-state index contributed by atoms with van der Waals surface area (Å²) in [6.07, 6.45) is 2.74. The standard InChI is InChI=1S/C13H20N2/c1-11-3-7-13(8-4-11)15(2)10-9-14-12-5-6-12/h3-4,7-8,12,14H,5-6,9-10H2,1-2H3. The minimum atomic E-state index is 0.816. The second-order valence-corrected chi connectivity index (χ2v) is 4.49. The molecule has 0 atom stereocenters. The molecule has 0 bridgehead atoms. The molecule has 1 N–H and O–H groups in total. The molecule has 0 saturated heterocycles. The largest absolute Gasteiger partial charge is 0.373 e. The van der Waals surface area contributed by atoms with Crippen LogP contribution in [-0.4, -0.2) is 26.2 Å². The van der Waals surface area contributed by atoms with Gasteiger partial charge in [0.05, 0.1) is 0 Å². The molecular weight excluding hydrogens is 184 g/mol. The number of hydrogen-bond donors (Lipinski definition) is 1. The first-order valence-corrected chi connectivity index (χ1v) is 5.77. The van der Waals surface area contributed by atoms with Gasteiger partial charge in [0.2, 0.25) is 0 Å². The highest BCUT2D eigenvalue weighted by Gasteiger charge is 2.19. The zero-order valence-corrected chi connectivity index (χ0v) is 9.66. The minimum Gasteiger partial charge on any atom is -0.373 e. The first kappa shape index (κ1) is 10.5. The highest BCUT2D eigenvalue weighted by atomic mass is 15.1. The third-order valence-corrected chi connectivity index (χ3v) is 2.93. The van der Waals surface area contributed by atoms with Crippen molar-refractivity contribution in [2.24, 2.45) is 0 Å². The maximum Gasteiger partial charge on any atom is 0.0364 e. The zero-order chi connectivity index (χ0) is 10.7. The molecule has 0 aliphatic heterocycles. The van der Waals surface area contributed by atoms with E-state index in [0.29, 0.717) is 0 Å². The fraction of sp³-hybridized carbons (Fsp3) is 0.538. The average Bonchev–Trinajstić information content (AvgIpc) is 3.02. The lowest BCUT2D eigenvalue weighted by molar-refractivity contribution is 0.675. The van der Waals surface area contributed by atoms with Gasteiger partial charge in [-0.2, -0.15) is 0 Å². The van der Waals surface area contributed by atoms with Gasteiger partial charge in [0.25, 0.3) is 0 Å². The summed E-state index contributed by atoms with van der Waals surface area (Å²) in [5.41, 5.74) is 2.63. The summed E-state index contributed by atoms with van der Waals surface area (Å²) in [6.45, 7) is 4.30. The van der Waals surface area contributed by atoms with Crippen LogP contribution in [0.15, 0.2) is 24.3 Å². The summed E-state index contributed by atoms with van der Waals surface area (Å²) in [6, 6.07) is 9.52. The van der Waals surface area contributed by atoms with E-state index in [-0.39, 0.29) is 0 Å². The minimum absolute atomic E-state index is 0.816. The van der Waals surface area contributed by atoms with Gasteiger partial charge in [-0.3, -0.25) is 0 Å². The Morgan fingerprint density at radius 2 is 1.93 bits per heavy atom. The molecule has 2 nitrogen and oxygen atoms in total. The quantitative estimate of drug-likeness (QED) is 0.791. The summed E-state index contributed by atoms with van der Waals surface area (Å²) in [7, 11) is 2.15. The summed E-state index contributed by atoms with van der Waals surface area (Å²) in [4.78, 5) is 2.30. The monoisotopic (exact) mass is 204 g/mol. The van der Waals surface area contributed by atoms with Crippen molar-refractivity contribution in [3.63, 3.8) is 0 Å². The molecule has 0 amide bonds. The van der Waals surface area contributed by atoms with Gasteiger partial charge in [-0.1, -0.05) is 17.7 Å². The lowest BCUT2D eigenvalue weighted by Crippen LogP contribution is -2.30. The van der Waals surface area contributed by atoms with E-state index in [1.807, 2.05) is 0 Å². The highest BCUT2D eigenvalue weighted by molar-refractivity contribution is 5.46. The van der Waals surface area contributed by atoms with Crippen molar-refractivity contribution in [3.8, 4) is 0 Å². The molecule has 0 aromatic heterocycles. The predicted octanol–water partition coefficient (Wildman–Crippen LogP) is 2.18. The molecule has 0 radical (unpaired) electrons. The zero-order valence-electron chi connectivity index (χ0n) is 9.66. The number of hydrogen-bond acceptors (Lipinski definition) is 2. The van der Waals surface area contributed by atoms with Crippen molar-refractivity contribution in [1.29, 1.82) is 0 Å². The van der Waals surface area contributed by atoms with E-state index in [1.165, 1.54) is 24.1 Å². The van der Waals surface area contributed by atoms with Crippen LogP contribution in [0.2, 0.25) is 0 Å². The van der Waals surface area contributed by atoms with Crippen LogP contribution in [0, 0.1) is 6.92 Å². The molecule has 1 aliphatic carbocycles. The molecule has 1 fully saturated rings. The molecule has 1 saturated carbocycles. The van der Waals surface area contributed by atoms with Crippen LogP contribution in [0.25, 0.3) is 0 Å². The number of benzene rings is 1. The lowest BCUT2D eigenvalue weighted by Gasteiger charge is -2.19. The third kappa shape index (κ3) is 3.24. The van der Waals surface area contributed by atoms with E-state index in [0.717, 1.165) is 19.1 Å². The van der Waals surface area contributed by atoms with Crippen LogP contribution in [0.3, 0.4) is 0 Å². The Balaban J connectivity index is 1.78. The number of nitrogens with one attached hydrogen (secondary N) is 1. The normalized spacial score (nSPS) is 15.3. The fourth-order valence-corrected chi connectivity index (χ4v) is 1.65. The van der Waals surface area contributed by atoms with Crippen LogP contribution in [0.5, 0.6) is 0 Å². The van der Waals surface area contributed by atoms with Gasteiger partial charge in [0.15, 0.2) is 0 Å². The Morgan fingerprint density at radius 1 is 1.27 bits per heavy atom. The van der Waals surface area contributed by atoms with Gasteiger partial charge in [-0.15, -0.1) is 0 Å². The number of nitrogens with zero attached hydrogens (tertiary/aromatic N) is 1. The Labute approximate surface area is 92.3 Å². The first-order chi connectivity index (χ1) is 7.25. The molecule has 1 aromatic carbocycles. The number of rotatable bonds is 5. The molecule has 0 heterocycles.